The summed E-state index contributed by atoms with van der Waals surface area (Å²) < 4.78 is 0. The highest BCUT2D eigenvalue weighted by Crippen LogP contribution is 2.27. The van der Waals surface area contributed by atoms with Crippen molar-refractivity contribution in [3.63, 3.8) is 0 Å². The Labute approximate surface area is 86.0 Å². The average molecular weight is 193 g/mol. The minimum atomic E-state index is 0.262. The molecule has 0 aromatic carbocycles. The Hall–Kier alpha value is -0.790. The van der Waals surface area contributed by atoms with Gasteiger partial charge in [0.15, 0.2) is 0 Å². The van der Waals surface area contributed by atoms with Crippen molar-refractivity contribution in [1.29, 1.82) is 0 Å². The summed E-state index contributed by atoms with van der Waals surface area (Å²) in [5.41, 5.74) is 0. The summed E-state index contributed by atoms with van der Waals surface area (Å²) >= 11 is 0. The minimum absolute atomic E-state index is 0.262. The van der Waals surface area contributed by atoms with Crippen LogP contribution in [0.5, 0.6) is 0 Å². The van der Waals surface area contributed by atoms with E-state index in [2.05, 4.69) is 24.0 Å². The molecule has 1 heterocycles. The third-order valence-electron chi connectivity index (χ3n) is 3.49. The number of carbonyl (C=O) groups is 1. The van der Waals surface area contributed by atoms with Crippen LogP contribution in [0.15, 0.2) is 12.2 Å². The first-order valence-corrected chi connectivity index (χ1v) is 5.73. The van der Waals surface area contributed by atoms with Crippen LogP contribution in [-0.2, 0) is 4.79 Å². The average Bonchev–Trinajstić information content (AvgIpc) is 2.70. The van der Waals surface area contributed by atoms with Crippen LogP contribution in [0.2, 0.25) is 0 Å². The normalized spacial score (nSPS) is 32.2. The molecule has 0 radical (unpaired) electrons. The summed E-state index contributed by atoms with van der Waals surface area (Å²) in [6.07, 6.45) is 8.79. The van der Waals surface area contributed by atoms with Crippen LogP contribution in [0, 0.1) is 11.8 Å². The van der Waals surface area contributed by atoms with Crippen molar-refractivity contribution in [1.82, 2.24) is 4.90 Å². The van der Waals surface area contributed by atoms with Gasteiger partial charge in [-0.15, -0.1) is 0 Å². The van der Waals surface area contributed by atoms with E-state index in [0.717, 1.165) is 25.9 Å². The number of hydrogen-bond donors (Lipinski definition) is 0. The van der Waals surface area contributed by atoms with Crippen molar-refractivity contribution >= 4 is 5.91 Å². The molecule has 0 saturated carbocycles. The van der Waals surface area contributed by atoms with E-state index in [1.807, 2.05) is 0 Å². The summed E-state index contributed by atoms with van der Waals surface area (Å²) in [6.45, 7) is 4.18. The second-order valence-corrected chi connectivity index (χ2v) is 4.56. The number of likely N-dealkylation sites (tertiary alicyclic amines) is 1. The van der Waals surface area contributed by atoms with Crippen molar-refractivity contribution in [2.24, 2.45) is 11.8 Å². The first kappa shape index (κ1) is 9.75. The van der Waals surface area contributed by atoms with Crippen molar-refractivity contribution in [3.05, 3.63) is 12.2 Å². The topological polar surface area (TPSA) is 20.3 Å². The largest absolute Gasteiger partial charge is 0.342 e. The van der Waals surface area contributed by atoms with Gasteiger partial charge in [0.25, 0.3) is 0 Å². The molecule has 2 unspecified atom stereocenters. The Bertz CT molecular complexity index is 241. The highest BCUT2D eigenvalue weighted by molar-refractivity contribution is 5.79. The Morgan fingerprint density at radius 3 is 2.50 bits per heavy atom. The van der Waals surface area contributed by atoms with Crippen molar-refractivity contribution in [3.8, 4) is 0 Å². The van der Waals surface area contributed by atoms with Gasteiger partial charge in [-0.25, -0.2) is 0 Å². The van der Waals surface area contributed by atoms with E-state index in [4.69, 9.17) is 0 Å². The van der Waals surface area contributed by atoms with Gasteiger partial charge in [0.1, 0.15) is 0 Å². The molecule has 1 fully saturated rings. The van der Waals surface area contributed by atoms with Crippen LogP contribution < -0.4 is 0 Å². The predicted molar refractivity (Wildman–Crippen MR) is 56.8 cm³/mol. The monoisotopic (exact) mass is 193 g/mol. The molecule has 1 saturated heterocycles. The maximum atomic E-state index is 12.1. The molecule has 1 aliphatic carbocycles. The van der Waals surface area contributed by atoms with Crippen LogP contribution in [0.1, 0.15) is 32.6 Å². The molecule has 2 rings (SSSR count). The maximum absolute atomic E-state index is 12.1. The third-order valence-corrected chi connectivity index (χ3v) is 3.49. The van der Waals surface area contributed by atoms with Crippen LogP contribution in [0.25, 0.3) is 0 Å². The van der Waals surface area contributed by atoms with Crippen LogP contribution >= 0.6 is 0 Å². The van der Waals surface area contributed by atoms with Gasteiger partial charge in [0, 0.05) is 19.0 Å². The summed E-state index contributed by atoms with van der Waals surface area (Å²) in [6, 6.07) is 0. The van der Waals surface area contributed by atoms with Gasteiger partial charge >= 0.3 is 0 Å². The highest BCUT2D eigenvalue weighted by Gasteiger charge is 2.30. The predicted octanol–water partition coefficient (Wildman–Crippen LogP) is 2.21. The first-order valence-electron chi connectivity index (χ1n) is 5.73. The minimum Gasteiger partial charge on any atom is -0.342 e. The number of nitrogens with zero attached hydrogens (tertiary/aromatic N) is 1. The van der Waals surface area contributed by atoms with Crippen molar-refractivity contribution in [2.45, 2.75) is 32.6 Å². The van der Waals surface area contributed by atoms with E-state index in [9.17, 15) is 4.79 Å². The van der Waals surface area contributed by atoms with Crippen molar-refractivity contribution in [2.75, 3.05) is 13.1 Å². The molecule has 78 valence electrons. The Balaban J connectivity index is 1.99. The SMILES string of the molecule is CC1CC=CCC1C(=O)N1CCCC1. The van der Waals surface area contributed by atoms with Gasteiger partial charge in [-0.3, -0.25) is 4.79 Å². The molecule has 2 aliphatic rings. The van der Waals surface area contributed by atoms with Gasteiger partial charge in [-0.05, 0) is 31.6 Å². The summed E-state index contributed by atoms with van der Waals surface area (Å²) in [5, 5.41) is 0. The number of carbonyl (C=O) groups excluding carboxylic acids is 1. The number of hydrogen-bond acceptors (Lipinski definition) is 1. The molecule has 0 bridgehead atoms. The van der Waals surface area contributed by atoms with Gasteiger partial charge in [0.2, 0.25) is 5.91 Å². The smallest absolute Gasteiger partial charge is 0.226 e. The molecule has 2 atom stereocenters. The first-order chi connectivity index (χ1) is 6.79. The summed E-state index contributed by atoms with van der Waals surface area (Å²) in [5.74, 6) is 1.20. The van der Waals surface area contributed by atoms with Crippen molar-refractivity contribution < 1.29 is 4.79 Å². The van der Waals surface area contributed by atoms with E-state index < -0.39 is 0 Å². The van der Waals surface area contributed by atoms with E-state index in [0.29, 0.717) is 11.8 Å². The molecule has 0 aromatic heterocycles. The zero-order valence-corrected chi connectivity index (χ0v) is 8.91. The Kier molecular flexibility index (Phi) is 2.90. The van der Waals surface area contributed by atoms with Gasteiger partial charge in [-0.1, -0.05) is 19.1 Å². The molecule has 2 nitrogen and oxygen atoms in total. The van der Waals surface area contributed by atoms with E-state index in [1.54, 1.807) is 0 Å². The fourth-order valence-corrected chi connectivity index (χ4v) is 2.47. The second kappa shape index (κ2) is 4.16. The van der Waals surface area contributed by atoms with E-state index in [-0.39, 0.29) is 5.92 Å². The third kappa shape index (κ3) is 1.84. The summed E-state index contributed by atoms with van der Waals surface area (Å²) in [7, 11) is 0. The lowest BCUT2D eigenvalue weighted by atomic mass is 9.83. The van der Waals surface area contributed by atoms with Gasteiger partial charge in [0.05, 0.1) is 0 Å². The molecular weight excluding hydrogens is 174 g/mol. The summed E-state index contributed by atoms with van der Waals surface area (Å²) in [4.78, 5) is 14.2. The standard InChI is InChI=1S/C12H19NO/c1-10-6-2-3-7-11(10)12(14)13-8-4-5-9-13/h2-3,10-11H,4-9H2,1H3. The van der Waals surface area contributed by atoms with Crippen LogP contribution in [0.4, 0.5) is 0 Å². The fourth-order valence-electron chi connectivity index (χ4n) is 2.47. The lowest BCUT2D eigenvalue weighted by molar-refractivity contribution is -0.136. The molecule has 1 amide bonds. The van der Waals surface area contributed by atoms with Crippen LogP contribution in [-0.4, -0.2) is 23.9 Å². The van der Waals surface area contributed by atoms with Gasteiger partial charge < -0.3 is 4.90 Å². The van der Waals surface area contributed by atoms with Gasteiger partial charge in [-0.2, -0.15) is 0 Å². The van der Waals surface area contributed by atoms with E-state index in [1.165, 1.54) is 12.8 Å². The number of amides is 1. The maximum Gasteiger partial charge on any atom is 0.226 e. The van der Waals surface area contributed by atoms with E-state index >= 15 is 0 Å². The quantitative estimate of drug-likeness (QED) is 0.585. The highest BCUT2D eigenvalue weighted by atomic mass is 16.2. The molecule has 0 aromatic rings. The Morgan fingerprint density at radius 2 is 1.86 bits per heavy atom. The second-order valence-electron chi connectivity index (χ2n) is 4.56. The number of rotatable bonds is 1. The lowest BCUT2D eigenvalue weighted by Crippen LogP contribution is -2.37. The molecule has 1 aliphatic heterocycles. The molecule has 2 heteroatoms. The molecule has 0 spiro atoms. The molecule has 0 N–H and O–H groups in total. The Morgan fingerprint density at radius 1 is 1.21 bits per heavy atom. The molecular formula is C12H19NO. The zero-order valence-electron chi connectivity index (χ0n) is 8.91. The fraction of sp³-hybridized carbons (Fsp3) is 0.750. The van der Waals surface area contributed by atoms with Crippen LogP contribution in [0.3, 0.4) is 0 Å². The number of allylic oxidation sites excluding steroid dienone is 2. The lowest BCUT2D eigenvalue weighted by Gasteiger charge is -2.28. The molecule has 14 heavy (non-hydrogen) atoms. The zero-order chi connectivity index (χ0) is 9.97.